The van der Waals surface area contributed by atoms with E-state index in [0.29, 0.717) is 12.0 Å². The van der Waals surface area contributed by atoms with Gasteiger partial charge in [0, 0.05) is 16.4 Å². The number of benzene rings is 1. The number of rotatable bonds is 1. The molecule has 1 N–H and O–H groups in total. The lowest BCUT2D eigenvalue weighted by molar-refractivity contribution is -0.125. The fraction of sp³-hybridized carbons (Fsp3) is 0.471. The average molecular weight is 256 g/mol. The van der Waals surface area contributed by atoms with E-state index in [2.05, 4.69) is 0 Å². The smallest absolute Gasteiger partial charge is 0.168 e. The number of hydrogen-bond donors (Lipinski definition) is 1. The average Bonchev–Trinajstić information content (AvgIpc) is 2.63. The lowest BCUT2D eigenvalue weighted by Gasteiger charge is -2.35. The van der Waals surface area contributed by atoms with Crippen molar-refractivity contribution in [3.05, 3.63) is 41.5 Å². The summed E-state index contributed by atoms with van der Waals surface area (Å²) in [5, 5.41) is 11.0. The summed E-state index contributed by atoms with van der Waals surface area (Å²) in [5.74, 6) is 0.120. The van der Waals surface area contributed by atoms with Crippen LogP contribution in [0.3, 0.4) is 0 Å². The summed E-state index contributed by atoms with van der Waals surface area (Å²) in [5.41, 5.74) is -0.224. The Balaban J connectivity index is 2.15. The fourth-order valence-corrected chi connectivity index (χ4v) is 3.77. The van der Waals surface area contributed by atoms with Crippen molar-refractivity contribution in [3.8, 4) is 0 Å². The topological polar surface area (TPSA) is 37.3 Å². The van der Waals surface area contributed by atoms with Crippen LogP contribution in [0.25, 0.3) is 6.08 Å². The third-order valence-electron chi connectivity index (χ3n) is 5.70. The SMILES string of the molecule is CC12CCC(O)(C(=Cc3ccccc3)C1=O)C2(C)C. The molecule has 2 aliphatic carbocycles. The highest BCUT2D eigenvalue weighted by Crippen LogP contribution is 2.67. The van der Waals surface area contributed by atoms with Crippen LogP contribution in [0.2, 0.25) is 0 Å². The van der Waals surface area contributed by atoms with E-state index in [1.54, 1.807) is 0 Å². The molecule has 2 heteroatoms. The van der Waals surface area contributed by atoms with Crippen molar-refractivity contribution in [2.24, 2.45) is 10.8 Å². The second kappa shape index (κ2) is 3.57. The molecule has 2 nitrogen and oxygen atoms in total. The van der Waals surface area contributed by atoms with Gasteiger partial charge in [-0.2, -0.15) is 0 Å². The zero-order valence-electron chi connectivity index (χ0n) is 11.7. The molecule has 0 heterocycles. The molecule has 2 fully saturated rings. The standard InChI is InChI=1S/C17H20O2/c1-15(2)16(3)9-10-17(15,19)13(14(16)18)11-12-7-5-4-6-8-12/h4-8,11,19H,9-10H2,1-3H3. The third kappa shape index (κ3) is 1.33. The lowest BCUT2D eigenvalue weighted by atomic mass is 9.69. The quantitative estimate of drug-likeness (QED) is 0.783. The molecular weight excluding hydrogens is 236 g/mol. The molecule has 0 saturated heterocycles. The van der Waals surface area contributed by atoms with Crippen molar-refractivity contribution in [2.45, 2.75) is 39.2 Å². The van der Waals surface area contributed by atoms with E-state index in [4.69, 9.17) is 0 Å². The first kappa shape index (κ1) is 12.6. The minimum absolute atomic E-state index is 0.120. The first-order valence-corrected chi connectivity index (χ1v) is 6.87. The van der Waals surface area contributed by atoms with E-state index in [-0.39, 0.29) is 5.78 Å². The second-order valence-corrected chi connectivity index (χ2v) is 6.62. The Hall–Kier alpha value is -1.41. The number of carbonyl (C=O) groups is 1. The van der Waals surface area contributed by atoms with Crippen LogP contribution in [0.5, 0.6) is 0 Å². The predicted octanol–water partition coefficient (Wildman–Crippen LogP) is 3.21. The summed E-state index contributed by atoms with van der Waals surface area (Å²) in [6.07, 6.45) is 3.33. The highest BCUT2D eigenvalue weighted by Gasteiger charge is 2.71. The molecule has 3 rings (SSSR count). The molecule has 2 unspecified atom stereocenters. The van der Waals surface area contributed by atoms with Crippen LogP contribution in [0, 0.1) is 10.8 Å². The van der Waals surface area contributed by atoms with Gasteiger partial charge < -0.3 is 5.11 Å². The van der Waals surface area contributed by atoms with E-state index in [0.717, 1.165) is 12.0 Å². The maximum absolute atomic E-state index is 12.7. The largest absolute Gasteiger partial charge is 0.384 e. The molecule has 19 heavy (non-hydrogen) atoms. The van der Waals surface area contributed by atoms with Crippen LogP contribution < -0.4 is 0 Å². The molecule has 2 atom stereocenters. The summed E-state index contributed by atoms with van der Waals surface area (Å²) in [6, 6.07) is 9.77. The zero-order valence-corrected chi connectivity index (χ0v) is 11.7. The van der Waals surface area contributed by atoms with Gasteiger partial charge in [-0.3, -0.25) is 4.79 Å². The van der Waals surface area contributed by atoms with E-state index < -0.39 is 16.4 Å². The van der Waals surface area contributed by atoms with Gasteiger partial charge in [0.2, 0.25) is 0 Å². The minimum Gasteiger partial charge on any atom is -0.384 e. The van der Waals surface area contributed by atoms with Crippen molar-refractivity contribution in [2.75, 3.05) is 0 Å². The van der Waals surface area contributed by atoms with Crippen LogP contribution in [0.1, 0.15) is 39.2 Å². The molecule has 2 saturated carbocycles. The summed E-state index contributed by atoms with van der Waals surface area (Å²) in [7, 11) is 0. The van der Waals surface area contributed by atoms with Crippen LogP contribution in [0.15, 0.2) is 35.9 Å². The Morgan fingerprint density at radius 1 is 1.11 bits per heavy atom. The first-order chi connectivity index (χ1) is 8.83. The van der Waals surface area contributed by atoms with Crippen LogP contribution in [0.4, 0.5) is 0 Å². The van der Waals surface area contributed by atoms with Gasteiger partial charge in [-0.1, -0.05) is 51.1 Å². The van der Waals surface area contributed by atoms with Gasteiger partial charge in [-0.25, -0.2) is 0 Å². The molecule has 0 amide bonds. The van der Waals surface area contributed by atoms with Crippen molar-refractivity contribution < 1.29 is 9.90 Å². The Labute approximate surface area is 114 Å². The first-order valence-electron chi connectivity index (χ1n) is 6.87. The van der Waals surface area contributed by atoms with Crippen molar-refractivity contribution in [1.29, 1.82) is 0 Å². The summed E-state index contributed by atoms with van der Waals surface area (Å²) in [6.45, 7) is 6.03. The second-order valence-electron chi connectivity index (χ2n) is 6.62. The van der Waals surface area contributed by atoms with Gasteiger partial charge in [0.05, 0.1) is 5.60 Å². The third-order valence-corrected chi connectivity index (χ3v) is 5.70. The molecule has 0 radical (unpaired) electrons. The van der Waals surface area contributed by atoms with Gasteiger partial charge in [0.15, 0.2) is 5.78 Å². The fourth-order valence-electron chi connectivity index (χ4n) is 3.77. The maximum Gasteiger partial charge on any atom is 0.168 e. The van der Waals surface area contributed by atoms with Crippen molar-refractivity contribution in [3.63, 3.8) is 0 Å². The molecule has 1 aromatic carbocycles. The van der Waals surface area contributed by atoms with Gasteiger partial charge in [-0.15, -0.1) is 0 Å². The van der Waals surface area contributed by atoms with Crippen LogP contribution >= 0.6 is 0 Å². The van der Waals surface area contributed by atoms with Gasteiger partial charge in [-0.05, 0) is 24.5 Å². The van der Waals surface area contributed by atoms with Gasteiger partial charge in [0.1, 0.15) is 0 Å². The van der Waals surface area contributed by atoms with E-state index >= 15 is 0 Å². The van der Waals surface area contributed by atoms with Crippen molar-refractivity contribution in [1.82, 2.24) is 0 Å². The van der Waals surface area contributed by atoms with Gasteiger partial charge >= 0.3 is 0 Å². The van der Waals surface area contributed by atoms with E-state index in [9.17, 15) is 9.90 Å². The lowest BCUT2D eigenvalue weighted by Crippen LogP contribution is -2.40. The number of carbonyl (C=O) groups excluding carboxylic acids is 1. The molecule has 0 aromatic heterocycles. The molecule has 0 spiro atoms. The number of fused-ring (bicyclic) bond motifs is 2. The van der Waals surface area contributed by atoms with Crippen molar-refractivity contribution >= 4 is 11.9 Å². The van der Waals surface area contributed by atoms with E-state index in [1.165, 1.54) is 0 Å². The number of ketones is 1. The minimum atomic E-state index is -0.978. The highest BCUT2D eigenvalue weighted by atomic mass is 16.3. The molecular formula is C17H20O2. The normalized spacial score (nSPS) is 38.1. The number of Topliss-reactive ketones (excluding diaryl/α,β-unsaturated/α-hetero) is 1. The molecule has 2 bridgehead atoms. The monoisotopic (exact) mass is 256 g/mol. The highest BCUT2D eigenvalue weighted by molar-refractivity contribution is 6.09. The van der Waals surface area contributed by atoms with Gasteiger partial charge in [0.25, 0.3) is 0 Å². The Bertz CT molecular complexity index is 570. The molecule has 2 aliphatic rings. The van der Waals surface area contributed by atoms with Crippen LogP contribution in [-0.2, 0) is 4.79 Å². The molecule has 0 aliphatic heterocycles. The maximum atomic E-state index is 12.7. The Morgan fingerprint density at radius 3 is 2.26 bits per heavy atom. The molecule has 100 valence electrons. The number of aliphatic hydroxyl groups is 1. The summed E-state index contributed by atoms with van der Waals surface area (Å²) >= 11 is 0. The summed E-state index contributed by atoms with van der Waals surface area (Å²) < 4.78 is 0. The predicted molar refractivity (Wildman–Crippen MR) is 75.5 cm³/mol. The van der Waals surface area contributed by atoms with E-state index in [1.807, 2.05) is 57.2 Å². The zero-order chi connectivity index (χ0) is 13.9. The Kier molecular flexibility index (Phi) is 2.37. The molecule has 1 aromatic rings. The van der Waals surface area contributed by atoms with Crippen LogP contribution in [-0.4, -0.2) is 16.5 Å². The summed E-state index contributed by atoms with van der Waals surface area (Å²) in [4.78, 5) is 12.7. The number of hydrogen-bond acceptors (Lipinski definition) is 2. The Morgan fingerprint density at radius 2 is 1.74 bits per heavy atom.